The highest BCUT2D eigenvalue weighted by Crippen LogP contribution is 2.43. The molecule has 1 N–H and O–H groups in total. The zero-order valence-electron chi connectivity index (χ0n) is 10.4. The number of terminal acetylenes is 1. The quantitative estimate of drug-likeness (QED) is 0.824. The number of fused-ring (bicyclic) bond motifs is 1. The summed E-state index contributed by atoms with van der Waals surface area (Å²) < 4.78 is 1.48. The molecule has 3 atom stereocenters. The summed E-state index contributed by atoms with van der Waals surface area (Å²) in [5.41, 5.74) is 1.48. The van der Waals surface area contributed by atoms with Crippen LogP contribution in [0.3, 0.4) is 0 Å². The van der Waals surface area contributed by atoms with Crippen LogP contribution in [0.4, 0.5) is 0 Å². The Kier molecular flexibility index (Phi) is 4.55. The molecule has 0 saturated carbocycles. The average Bonchev–Trinajstić information content (AvgIpc) is 2.76. The van der Waals surface area contributed by atoms with Gasteiger partial charge in [-0.2, -0.15) is 0 Å². The molecule has 3 heteroatoms. The van der Waals surface area contributed by atoms with Gasteiger partial charge in [-0.15, -0.1) is 35.4 Å². The molecule has 2 unspecified atom stereocenters. The summed E-state index contributed by atoms with van der Waals surface area (Å²) in [6, 6.07) is 3.21. The fourth-order valence-corrected chi connectivity index (χ4v) is 4.82. The highest BCUT2D eigenvalue weighted by atomic mass is 32.2. The van der Waals surface area contributed by atoms with Crippen molar-refractivity contribution < 1.29 is 0 Å². The van der Waals surface area contributed by atoms with Crippen LogP contribution in [0.25, 0.3) is 0 Å². The molecule has 0 aromatic carbocycles. The molecular formula is C14H19NS2. The van der Waals surface area contributed by atoms with E-state index in [0.717, 1.165) is 12.8 Å². The van der Waals surface area contributed by atoms with Crippen LogP contribution in [0.2, 0.25) is 0 Å². The van der Waals surface area contributed by atoms with E-state index in [1.807, 2.05) is 23.1 Å². The zero-order valence-corrected chi connectivity index (χ0v) is 12.0. The second-order valence-corrected chi connectivity index (χ2v) is 7.18. The first-order chi connectivity index (χ1) is 8.24. The van der Waals surface area contributed by atoms with Gasteiger partial charge in [0.2, 0.25) is 0 Å². The third kappa shape index (κ3) is 3.07. The van der Waals surface area contributed by atoms with Crippen LogP contribution in [0, 0.1) is 12.3 Å². The molecule has 2 heterocycles. The number of rotatable bonds is 4. The fraction of sp³-hybridized carbons (Fsp3) is 0.571. The van der Waals surface area contributed by atoms with Crippen LogP contribution >= 0.6 is 23.1 Å². The Morgan fingerprint density at radius 3 is 3.18 bits per heavy atom. The maximum atomic E-state index is 5.42. The topological polar surface area (TPSA) is 12.0 Å². The van der Waals surface area contributed by atoms with Crippen molar-refractivity contribution in [3.63, 3.8) is 0 Å². The summed E-state index contributed by atoms with van der Waals surface area (Å²) in [7, 11) is 0. The second kappa shape index (κ2) is 5.95. The van der Waals surface area contributed by atoms with Gasteiger partial charge in [0, 0.05) is 23.8 Å². The first kappa shape index (κ1) is 13.0. The van der Waals surface area contributed by atoms with Gasteiger partial charge in [0.05, 0.1) is 4.21 Å². The largest absolute Gasteiger partial charge is 0.306 e. The van der Waals surface area contributed by atoms with Crippen molar-refractivity contribution in [1.29, 1.82) is 0 Å². The summed E-state index contributed by atoms with van der Waals surface area (Å²) in [6.07, 6.45) is 8.55. The van der Waals surface area contributed by atoms with Gasteiger partial charge in [0.25, 0.3) is 0 Å². The van der Waals surface area contributed by atoms with Gasteiger partial charge < -0.3 is 5.32 Å². The predicted molar refractivity (Wildman–Crippen MR) is 77.7 cm³/mol. The Morgan fingerprint density at radius 1 is 1.65 bits per heavy atom. The highest BCUT2D eigenvalue weighted by molar-refractivity contribution is 8.01. The number of hydrogen-bond acceptors (Lipinski definition) is 3. The van der Waals surface area contributed by atoms with Crippen molar-refractivity contribution in [2.24, 2.45) is 0 Å². The Labute approximate surface area is 112 Å². The number of hydrogen-bond donors (Lipinski definition) is 1. The zero-order chi connectivity index (χ0) is 12.3. The molecule has 92 valence electrons. The van der Waals surface area contributed by atoms with Crippen LogP contribution in [0.15, 0.2) is 15.7 Å². The van der Waals surface area contributed by atoms with Crippen molar-refractivity contribution in [1.82, 2.24) is 5.32 Å². The summed E-state index contributed by atoms with van der Waals surface area (Å²) in [6.45, 7) is 4.51. The van der Waals surface area contributed by atoms with Gasteiger partial charge in [0.1, 0.15) is 0 Å². The molecule has 0 aliphatic carbocycles. The average molecular weight is 265 g/mol. The van der Waals surface area contributed by atoms with E-state index in [1.165, 1.54) is 16.2 Å². The van der Waals surface area contributed by atoms with E-state index in [-0.39, 0.29) is 0 Å². The minimum absolute atomic E-state index is 0.452. The van der Waals surface area contributed by atoms with Crippen LogP contribution in [-0.4, -0.2) is 11.3 Å². The molecule has 0 radical (unpaired) electrons. The standard InChI is InChI=1S/C14H19NS2/c1-4-6-11(5-2)15-13-9-10(3)17-14-12(13)7-8-16-14/h1,7-8,10-11,13,15H,5-6,9H2,2-3H3/t10-,11?,13?/m0/s1. The van der Waals surface area contributed by atoms with Crippen LogP contribution < -0.4 is 5.32 Å². The van der Waals surface area contributed by atoms with E-state index in [2.05, 4.69) is 36.5 Å². The summed E-state index contributed by atoms with van der Waals surface area (Å²) in [4.78, 5) is 0. The van der Waals surface area contributed by atoms with Crippen molar-refractivity contribution in [2.75, 3.05) is 0 Å². The number of thiophene rings is 1. The van der Waals surface area contributed by atoms with Crippen molar-refractivity contribution in [3.8, 4) is 12.3 Å². The molecule has 1 aliphatic rings. The summed E-state index contributed by atoms with van der Waals surface area (Å²) in [5.74, 6) is 2.77. The van der Waals surface area contributed by atoms with E-state index in [1.54, 1.807) is 0 Å². The van der Waals surface area contributed by atoms with Crippen molar-refractivity contribution in [3.05, 3.63) is 17.0 Å². The molecule has 2 rings (SSSR count). The normalized spacial score (nSPS) is 25.0. The molecule has 0 fully saturated rings. The molecule has 1 aromatic rings. The van der Waals surface area contributed by atoms with Crippen LogP contribution in [0.5, 0.6) is 0 Å². The maximum Gasteiger partial charge on any atom is 0.0649 e. The molecule has 0 saturated heterocycles. The summed E-state index contributed by atoms with van der Waals surface area (Å²) in [5, 5.41) is 6.63. The Balaban J connectivity index is 2.09. The molecule has 0 bridgehead atoms. The number of nitrogens with one attached hydrogen (secondary N) is 1. The van der Waals surface area contributed by atoms with Gasteiger partial charge in [-0.3, -0.25) is 0 Å². The van der Waals surface area contributed by atoms with E-state index in [9.17, 15) is 0 Å². The number of thioether (sulfide) groups is 1. The molecule has 0 spiro atoms. The molecule has 17 heavy (non-hydrogen) atoms. The van der Waals surface area contributed by atoms with Crippen molar-refractivity contribution >= 4 is 23.1 Å². The first-order valence-electron chi connectivity index (χ1n) is 6.18. The lowest BCUT2D eigenvalue weighted by atomic mass is 10.0. The third-order valence-electron chi connectivity index (χ3n) is 3.20. The lowest BCUT2D eigenvalue weighted by molar-refractivity contribution is 0.405. The van der Waals surface area contributed by atoms with Gasteiger partial charge in [-0.05, 0) is 29.9 Å². The molecule has 1 aliphatic heterocycles. The lowest BCUT2D eigenvalue weighted by Crippen LogP contribution is -2.34. The molecule has 0 amide bonds. The van der Waals surface area contributed by atoms with Crippen LogP contribution in [-0.2, 0) is 0 Å². The Bertz CT molecular complexity index is 405. The Hall–Kier alpha value is -0.430. The fourth-order valence-electron chi connectivity index (χ4n) is 2.25. The molecule has 1 aromatic heterocycles. The predicted octanol–water partition coefficient (Wildman–Crippen LogP) is 4.07. The van der Waals surface area contributed by atoms with Crippen molar-refractivity contribution in [2.45, 2.75) is 54.7 Å². The van der Waals surface area contributed by atoms with Gasteiger partial charge >= 0.3 is 0 Å². The van der Waals surface area contributed by atoms with Crippen LogP contribution in [0.1, 0.15) is 44.7 Å². The van der Waals surface area contributed by atoms with Gasteiger partial charge in [0.15, 0.2) is 0 Å². The smallest absolute Gasteiger partial charge is 0.0649 e. The minimum Gasteiger partial charge on any atom is -0.306 e. The minimum atomic E-state index is 0.452. The van der Waals surface area contributed by atoms with E-state index < -0.39 is 0 Å². The third-order valence-corrected chi connectivity index (χ3v) is 5.55. The van der Waals surface area contributed by atoms with E-state index >= 15 is 0 Å². The second-order valence-electron chi connectivity index (χ2n) is 4.56. The Morgan fingerprint density at radius 2 is 2.47 bits per heavy atom. The van der Waals surface area contributed by atoms with Gasteiger partial charge in [-0.25, -0.2) is 0 Å². The highest BCUT2D eigenvalue weighted by Gasteiger charge is 2.27. The van der Waals surface area contributed by atoms with E-state index in [4.69, 9.17) is 6.42 Å². The summed E-state index contributed by atoms with van der Waals surface area (Å²) >= 11 is 3.87. The first-order valence-corrected chi connectivity index (χ1v) is 7.94. The lowest BCUT2D eigenvalue weighted by Gasteiger charge is -2.30. The molecular weight excluding hydrogens is 246 g/mol. The molecule has 1 nitrogen and oxygen atoms in total. The SMILES string of the molecule is C#CCC(CC)NC1C[C@H](C)Sc2sccc21. The van der Waals surface area contributed by atoms with E-state index in [0.29, 0.717) is 17.3 Å². The monoisotopic (exact) mass is 265 g/mol. The van der Waals surface area contributed by atoms with Gasteiger partial charge in [-0.1, -0.05) is 13.8 Å². The maximum absolute atomic E-state index is 5.42.